The number of likely N-dealkylation sites (tertiary alicyclic amines) is 1. The fourth-order valence-corrected chi connectivity index (χ4v) is 6.15. The number of aromatic nitrogens is 2. The molecule has 3 atom stereocenters. The third-order valence-corrected chi connectivity index (χ3v) is 8.37. The molecule has 3 fully saturated rings. The normalized spacial score (nSPS) is 24.5. The highest BCUT2D eigenvalue weighted by molar-refractivity contribution is 9.10. The van der Waals surface area contributed by atoms with Crippen molar-refractivity contribution in [2.24, 2.45) is 5.92 Å². The molecule has 5 rings (SSSR count). The highest BCUT2D eigenvalue weighted by Crippen LogP contribution is 2.31. The van der Waals surface area contributed by atoms with Crippen molar-refractivity contribution in [3.05, 3.63) is 34.9 Å². The van der Waals surface area contributed by atoms with Crippen LogP contribution < -0.4 is 21.3 Å². The average molecular weight is 587 g/mol. The first-order chi connectivity index (χ1) is 18.4. The number of carbonyl (C=O) groups is 1. The number of hydrogen-bond donors (Lipinski definition) is 4. The first-order valence-electron chi connectivity index (χ1n) is 14.0. The summed E-state index contributed by atoms with van der Waals surface area (Å²) in [4.78, 5) is 24.4. The lowest BCUT2D eigenvalue weighted by Crippen LogP contribution is -2.41. The van der Waals surface area contributed by atoms with Gasteiger partial charge in [0.1, 0.15) is 5.82 Å². The van der Waals surface area contributed by atoms with Crippen LogP contribution in [0.4, 0.5) is 23.1 Å². The Morgan fingerprint density at radius 1 is 1.05 bits per heavy atom. The lowest BCUT2D eigenvalue weighted by atomic mass is 10.0. The average Bonchev–Trinajstić information content (AvgIpc) is 3.57. The van der Waals surface area contributed by atoms with Crippen LogP contribution >= 0.6 is 15.9 Å². The first-order valence-corrected chi connectivity index (χ1v) is 14.8. The molecule has 206 valence electrons. The van der Waals surface area contributed by atoms with Crippen molar-refractivity contribution >= 4 is 45.0 Å². The summed E-state index contributed by atoms with van der Waals surface area (Å²) in [5, 5.41) is 13.6. The molecule has 9 nitrogen and oxygen atoms in total. The van der Waals surface area contributed by atoms with E-state index in [4.69, 9.17) is 9.72 Å². The van der Waals surface area contributed by atoms with Gasteiger partial charge in [0.25, 0.3) is 0 Å². The quantitative estimate of drug-likeness (QED) is 0.334. The number of carbonyl (C=O) groups excluding carboxylic acids is 1. The van der Waals surface area contributed by atoms with E-state index >= 15 is 0 Å². The molecule has 1 aromatic carbocycles. The van der Waals surface area contributed by atoms with E-state index in [0.717, 1.165) is 74.3 Å². The predicted molar refractivity (Wildman–Crippen MR) is 155 cm³/mol. The van der Waals surface area contributed by atoms with E-state index in [-0.39, 0.29) is 23.9 Å². The molecule has 1 amide bonds. The molecule has 0 radical (unpaired) electrons. The van der Waals surface area contributed by atoms with Crippen molar-refractivity contribution < 1.29 is 9.53 Å². The summed E-state index contributed by atoms with van der Waals surface area (Å²) in [7, 11) is 0. The lowest BCUT2D eigenvalue weighted by Gasteiger charge is -2.31. The first kappa shape index (κ1) is 27.1. The molecule has 10 heteroatoms. The minimum atomic E-state index is -0.0562. The molecular formula is C28H40BrN7O2. The molecular weight excluding hydrogens is 546 g/mol. The van der Waals surface area contributed by atoms with E-state index in [9.17, 15) is 4.79 Å². The second-order valence-electron chi connectivity index (χ2n) is 11.0. The van der Waals surface area contributed by atoms with Crippen LogP contribution in [0, 0.1) is 5.92 Å². The number of amides is 1. The number of hydrogen-bond acceptors (Lipinski definition) is 8. The molecule has 3 aliphatic rings. The van der Waals surface area contributed by atoms with Gasteiger partial charge in [-0.3, -0.25) is 9.69 Å². The highest BCUT2D eigenvalue weighted by Gasteiger charge is 2.34. The standard InChI is InChI=1S/C28H40BrN7O2/c1-18(2)31-27(37)23-4-3-5-25(23)34-26-24(29)16-30-28(35-26)33-20-8-6-19(7-9-20)32-21-10-13-36(17-21)22-11-14-38-15-12-22/h6-9,16,18,21-23,25,32H,3-5,10-15,17H2,1-2H3,(H,31,37)(H2,30,33,34,35)/t21-,23-,25+/m0/s1. The summed E-state index contributed by atoms with van der Waals surface area (Å²) < 4.78 is 6.31. The number of ether oxygens (including phenoxy) is 1. The second kappa shape index (κ2) is 12.6. The zero-order chi connectivity index (χ0) is 26.5. The van der Waals surface area contributed by atoms with Gasteiger partial charge in [-0.05, 0) is 86.1 Å². The topological polar surface area (TPSA) is 103 Å². The molecule has 0 unspecified atom stereocenters. The van der Waals surface area contributed by atoms with E-state index in [1.54, 1.807) is 6.20 Å². The Kier molecular flexibility index (Phi) is 9.01. The van der Waals surface area contributed by atoms with Gasteiger partial charge in [0, 0.05) is 68.0 Å². The van der Waals surface area contributed by atoms with E-state index in [0.29, 0.717) is 23.8 Å². The molecule has 3 heterocycles. The summed E-state index contributed by atoms with van der Waals surface area (Å²) >= 11 is 3.57. The molecule has 2 aromatic rings. The maximum atomic E-state index is 12.7. The second-order valence-corrected chi connectivity index (χ2v) is 11.9. The van der Waals surface area contributed by atoms with Crippen molar-refractivity contribution in [2.75, 3.05) is 42.3 Å². The maximum Gasteiger partial charge on any atom is 0.229 e. The molecule has 38 heavy (non-hydrogen) atoms. The molecule has 0 spiro atoms. The van der Waals surface area contributed by atoms with E-state index < -0.39 is 0 Å². The predicted octanol–water partition coefficient (Wildman–Crippen LogP) is 4.75. The Bertz CT molecular complexity index is 1080. The Labute approximate surface area is 234 Å². The molecule has 4 N–H and O–H groups in total. The van der Waals surface area contributed by atoms with Gasteiger partial charge >= 0.3 is 0 Å². The molecule has 2 aliphatic heterocycles. The van der Waals surface area contributed by atoms with Crippen LogP contribution in [-0.2, 0) is 9.53 Å². The Morgan fingerprint density at radius 2 is 1.82 bits per heavy atom. The summed E-state index contributed by atoms with van der Waals surface area (Å²) in [5.74, 6) is 1.27. The van der Waals surface area contributed by atoms with Crippen LogP contribution in [0.2, 0.25) is 0 Å². The van der Waals surface area contributed by atoms with E-state index in [1.165, 1.54) is 6.42 Å². The van der Waals surface area contributed by atoms with Crippen LogP contribution in [0.25, 0.3) is 0 Å². The number of nitrogens with zero attached hydrogens (tertiary/aromatic N) is 3. The molecule has 2 saturated heterocycles. The van der Waals surface area contributed by atoms with Crippen molar-refractivity contribution in [2.45, 2.75) is 76.5 Å². The monoisotopic (exact) mass is 585 g/mol. The number of anilines is 4. The van der Waals surface area contributed by atoms with Crippen molar-refractivity contribution in [3.63, 3.8) is 0 Å². The Morgan fingerprint density at radius 3 is 2.58 bits per heavy atom. The van der Waals surface area contributed by atoms with Crippen LogP contribution in [0.15, 0.2) is 34.9 Å². The fourth-order valence-electron chi connectivity index (χ4n) is 5.84. The molecule has 1 aliphatic carbocycles. The summed E-state index contributed by atoms with van der Waals surface area (Å²) in [6, 6.07) is 9.64. The molecule has 0 bridgehead atoms. The Hall–Kier alpha value is -2.43. The summed E-state index contributed by atoms with van der Waals surface area (Å²) in [6.45, 7) is 8.02. The van der Waals surface area contributed by atoms with Gasteiger partial charge in [-0.15, -0.1) is 0 Å². The van der Waals surface area contributed by atoms with Crippen LogP contribution in [-0.4, -0.2) is 71.2 Å². The minimum Gasteiger partial charge on any atom is -0.381 e. The number of nitrogens with one attached hydrogen (secondary N) is 4. The van der Waals surface area contributed by atoms with Gasteiger partial charge in [-0.25, -0.2) is 4.98 Å². The SMILES string of the molecule is CC(C)NC(=O)[C@H]1CCC[C@H]1Nc1nc(Nc2ccc(N[C@H]3CCN(C4CCOCC4)C3)cc2)ncc1Br. The number of rotatable bonds is 9. The third-order valence-electron chi connectivity index (χ3n) is 7.79. The number of benzene rings is 1. The van der Waals surface area contributed by atoms with Gasteiger partial charge in [0.2, 0.25) is 11.9 Å². The minimum absolute atomic E-state index is 0.0520. The van der Waals surface area contributed by atoms with Crippen LogP contribution in [0.1, 0.15) is 52.4 Å². The van der Waals surface area contributed by atoms with E-state index in [2.05, 4.69) is 71.3 Å². The van der Waals surface area contributed by atoms with E-state index in [1.807, 2.05) is 13.8 Å². The maximum absolute atomic E-state index is 12.7. The smallest absolute Gasteiger partial charge is 0.229 e. The third kappa shape index (κ3) is 6.95. The lowest BCUT2D eigenvalue weighted by molar-refractivity contribution is -0.125. The van der Waals surface area contributed by atoms with Gasteiger partial charge in [-0.1, -0.05) is 6.42 Å². The van der Waals surface area contributed by atoms with Crippen molar-refractivity contribution in [1.82, 2.24) is 20.2 Å². The summed E-state index contributed by atoms with van der Waals surface area (Å²) in [5.41, 5.74) is 2.05. The largest absolute Gasteiger partial charge is 0.381 e. The zero-order valence-corrected chi connectivity index (χ0v) is 24.0. The fraction of sp³-hybridized carbons (Fsp3) is 0.607. The van der Waals surface area contributed by atoms with Crippen molar-refractivity contribution in [1.29, 1.82) is 0 Å². The molecule has 1 saturated carbocycles. The van der Waals surface area contributed by atoms with Crippen LogP contribution in [0.5, 0.6) is 0 Å². The van der Waals surface area contributed by atoms with Gasteiger partial charge < -0.3 is 26.0 Å². The Balaban J connectivity index is 1.15. The zero-order valence-electron chi connectivity index (χ0n) is 22.4. The highest BCUT2D eigenvalue weighted by atomic mass is 79.9. The van der Waals surface area contributed by atoms with Crippen LogP contribution in [0.3, 0.4) is 0 Å². The molecule has 1 aromatic heterocycles. The van der Waals surface area contributed by atoms with Gasteiger partial charge in [0.05, 0.1) is 10.4 Å². The van der Waals surface area contributed by atoms with Gasteiger partial charge in [0.15, 0.2) is 0 Å². The summed E-state index contributed by atoms with van der Waals surface area (Å²) in [6.07, 6.45) is 8.07. The number of halogens is 1. The van der Waals surface area contributed by atoms with Gasteiger partial charge in [-0.2, -0.15) is 4.98 Å². The van der Waals surface area contributed by atoms with Crippen molar-refractivity contribution in [3.8, 4) is 0 Å².